The lowest BCUT2D eigenvalue weighted by molar-refractivity contribution is -0.117. The first-order valence-corrected chi connectivity index (χ1v) is 9.08. The molecule has 120 valence electrons. The van der Waals surface area contributed by atoms with Crippen LogP contribution in [0.25, 0.3) is 0 Å². The molecule has 0 unspecified atom stereocenters. The fourth-order valence-corrected chi connectivity index (χ4v) is 6.13. The highest BCUT2D eigenvalue weighted by Crippen LogP contribution is 2.59. The minimum atomic E-state index is -0.448. The van der Waals surface area contributed by atoms with E-state index < -0.39 is 5.60 Å². The molecule has 0 aromatic rings. The van der Waals surface area contributed by atoms with E-state index in [0.29, 0.717) is 16.7 Å². The van der Waals surface area contributed by atoms with Crippen molar-refractivity contribution < 1.29 is 5.11 Å². The molecule has 0 radical (unpaired) electrons. The van der Waals surface area contributed by atoms with Crippen LogP contribution < -0.4 is 0 Å². The first-order chi connectivity index (χ1) is 9.67. The van der Waals surface area contributed by atoms with E-state index in [1.54, 1.807) is 11.1 Å². The number of rotatable bonds is 0. The van der Waals surface area contributed by atoms with E-state index in [0.717, 1.165) is 12.3 Å². The molecule has 0 aromatic carbocycles. The first kappa shape index (κ1) is 15.6. The highest BCUT2D eigenvalue weighted by atomic mass is 16.3. The van der Waals surface area contributed by atoms with E-state index in [1.807, 2.05) is 0 Å². The summed E-state index contributed by atoms with van der Waals surface area (Å²) in [4.78, 5) is 0. The topological polar surface area (TPSA) is 20.2 Å². The summed E-state index contributed by atoms with van der Waals surface area (Å²) in [6.07, 6.45) is 9.89. The lowest BCUT2D eigenvalue weighted by atomic mass is 9.50. The van der Waals surface area contributed by atoms with E-state index >= 15 is 0 Å². The summed E-state index contributed by atoms with van der Waals surface area (Å²) in [6, 6.07) is 0. The second kappa shape index (κ2) is 4.85. The monoisotopic (exact) mass is 290 g/mol. The third kappa shape index (κ3) is 2.40. The Bertz CT molecular complexity index is 456. The van der Waals surface area contributed by atoms with Gasteiger partial charge in [0.1, 0.15) is 0 Å². The van der Waals surface area contributed by atoms with Crippen molar-refractivity contribution in [1.82, 2.24) is 0 Å². The van der Waals surface area contributed by atoms with Crippen LogP contribution in [0.1, 0.15) is 86.0 Å². The van der Waals surface area contributed by atoms with Crippen molar-refractivity contribution in [2.24, 2.45) is 22.7 Å². The van der Waals surface area contributed by atoms with Crippen LogP contribution in [-0.4, -0.2) is 10.7 Å². The molecular formula is C20H34O. The van der Waals surface area contributed by atoms with Gasteiger partial charge in [0.2, 0.25) is 0 Å². The zero-order chi connectivity index (χ0) is 15.5. The van der Waals surface area contributed by atoms with Gasteiger partial charge in [-0.3, -0.25) is 0 Å². The van der Waals surface area contributed by atoms with Gasteiger partial charge in [-0.2, -0.15) is 0 Å². The van der Waals surface area contributed by atoms with Crippen molar-refractivity contribution in [1.29, 1.82) is 0 Å². The SMILES string of the molecule is CC1=C2CC[C@]3(C)CCC[C@@](C)(O)[C@H]3C[C@H](CC1)C2(C)C. The number of aliphatic hydroxyl groups is 1. The van der Waals surface area contributed by atoms with Crippen molar-refractivity contribution in [3.8, 4) is 0 Å². The van der Waals surface area contributed by atoms with Crippen LogP contribution in [0, 0.1) is 22.7 Å². The van der Waals surface area contributed by atoms with Gasteiger partial charge in [0, 0.05) is 0 Å². The Labute approximate surface area is 131 Å². The van der Waals surface area contributed by atoms with Gasteiger partial charge < -0.3 is 5.11 Å². The molecule has 0 spiro atoms. The Morgan fingerprint density at radius 1 is 1.00 bits per heavy atom. The van der Waals surface area contributed by atoms with Gasteiger partial charge in [-0.05, 0) is 81.5 Å². The van der Waals surface area contributed by atoms with E-state index in [-0.39, 0.29) is 0 Å². The molecule has 21 heavy (non-hydrogen) atoms. The molecule has 1 nitrogen and oxygen atoms in total. The largest absolute Gasteiger partial charge is 0.390 e. The highest BCUT2D eigenvalue weighted by Gasteiger charge is 2.52. The fraction of sp³-hybridized carbons (Fsp3) is 0.900. The normalized spacial score (nSPS) is 46.6. The quantitative estimate of drug-likeness (QED) is 0.586. The minimum Gasteiger partial charge on any atom is -0.390 e. The molecular weight excluding hydrogens is 256 g/mol. The predicted octanol–water partition coefficient (Wildman–Crippen LogP) is 5.48. The fourth-order valence-electron chi connectivity index (χ4n) is 6.13. The first-order valence-electron chi connectivity index (χ1n) is 9.08. The van der Waals surface area contributed by atoms with Crippen molar-refractivity contribution >= 4 is 0 Å². The summed E-state index contributed by atoms with van der Waals surface area (Å²) in [5, 5.41) is 11.1. The Hall–Kier alpha value is -0.300. The summed E-state index contributed by atoms with van der Waals surface area (Å²) in [5.74, 6) is 1.24. The van der Waals surface area contributed by atoms with Crippen LogP contribution in [0.15, 0.2) is 11.1 Å². The molecule has 2 bridgehead atoms. The van der Waals surface area contributed by atoms with Gasteiger partial charge in [0.15, 0.2) is 0 Å². The molecule has 0 aliphatic heterocycles. The summed E-state index contributed by atoms with van der Waals surface area (Å²) in [5.41, 5.74) is 3.66. The molecule has 4 atom stereocenters. The van der Waals surface area contributed by atoms with Crippen LogP contribution in [0.5, 0.6) is 0 Å². The maximum Gasteiger partial charge on any atom is 0.0653 e. The van der Waals surface area contributed by atoms with Crippen molar-refractivity contribution in [3.05, 3.63) is 11.1 Å². The Kier molecular flexibility index (Phi) is 3.60. The average molecular weight is 290 g/mol. The molecule has 3 rings (SSSR count). The predicted molar refractivity (Wildman–Crippen MR) is 89.1 cm³/mol. The van der Waals surface area contributed by atoms with Gasteiger partial charge in [-0.1, -0.05) is 38.3 Å². The van der Waals surface area contributed by atoms with E-state index in [9.17, 15) is 5.11 Å². The van der Waals surface area contributed by atoms with Gasteiger partial charge in [-0.25, -0.2) is 0 Å². The molecule has 3 aliphatic carbocycles. The molecule has 0 saturated heterocycles. The number of allylic oxidation sites excluding steroid dienone is 2. The zero-order valence-electron chi connectivity index (χ0n) is 14.8. The number of hydrogen-bond acceptors (Lipinski definition) is 1. The van der Waals surface area contributed by atoms with Crippen LogP contribution >= 0.6 is 0 Å². The number of hydrogen-bond donors (Lipinski definition) is 1. The van der Waals surface area contributed by atoms with Crippen LogP contribution in [-0.2, 0) is 0 Å². The Balaban J connectivity index is 2.01. The van der Waals surface area contributed by atoms with Crippen molar-refractivity contribution in [2.45, 2.75) is 91.6 Å². The van der Waals surface area contributed by atoms with Gasteiger partial charge in [0.05, 0.1) is 5.60 Å². The van der Waals surface area contributed by atoms with E-state index in [1.165, 1.54) is 44.9 Å². The lowest BCUT2D eigenvalue weighted by Crippen LogP contribution is -2.51. The Morgan fingerprint density at radius 3 is 2.43 bits per heavy atom. The maximum absolute atomic E-state index is 11.1. The molecule has 1 N–H and O–H groups in total. The van der Waals surface area contributed by atoms with E-state index in [4.69, 9.17) is 0 Å². The van der Waals surface area contributed by atoms with Crippen molar-refractivity contribution in [2.75, 3.05) is 0 Å². The number of fused-ring (bicyclic) bond motifs is 3. The molecule has 1 heteroatoms. The second-order valence-corrected chi connectivity index (χ2v) is 9.37. The van der Waals surface area contributed by atoms with Crippen LogP contribution in [0.4, 0.5) is 0 Å². The highest BCUT2D eigenvalue weighted by molar-refractivity contribution is 5.26. The van der Waals surface area contributed by atoms with Gasteiger partial charge in [0.25, 0.3) is 0 Å². The molecule has 0 aromatic heterocycles. The van der Waals surface area contributed by atoms with E-state index in [2.05, 4.69) is 34.6 Å². The second-order valence-electron chi connectivity index (χ2n) is 9.37. The average Bonchev–Trinajstić information content (AvgIpc) is 2.34. The third-order valence-corrected chi connectivity index (χ3v) is 7.67. The minimum absolute atomic E-state index is 0.344. The Morgan fingerprint density at radius 2 is 1.71 bits per heavy atom. The molecule has 3 aliphatic rings. The lowest BCUT2D eigenvalue weighted by Gasteiger charge is -2.56. The summed E-state index contributed by atoms with van der Waals surface area (Å²) >= 11 is 0. The third-order valence-electron chi connectivity index (χ3n) is 7.67. The van der Waals surface area contributed by atoms with Crippen molar-refractivity contribution in [3.63, 3.8) is 0 Å². The smallest absolute Gasteiger partial charge is 0.0653 e. The van der Waals surface area contributed by atoms with Gasteiger partial charge in [-0.15, -0.1) is 0 Å². The van der Waals surface area contributed by atoms with Gasteiger partial charge >= 0.3 is 0 Å². The van der Waals surface area contributed by atoms with Crippen LogP contribution in [0.2, 0.25) is 0 Å². The van der Waals surface area contributed by atoms with Crippen LogP contribution in [0.3, 0.4) is 0 Å². The molecule has 0 amide bonds. The molecule has 2 fully saturated rings. The zero-order valence-corrected chi connectivity index (χ0v) is 14.8. The molecule has 2 saturated carbocycles. The standard InChI is InChI=1S/C20H34O/c1-14-7-8-15-13-17-19(4,10-6-11-20(17,5)21)12-9-16(14)18(15,2)3/h15,17,21H,6-13H2,1-5H3/t15-,17-,19-,20+/m0/s1. The maximum atomic E-state index is 11.1. The summed E-state index contributed by atoms with van der Waals surface area (Å²) in [7, 11) is 0. The molecule has 0 heterocycles. The summed E-state index contributed by atoms with van der Waals surface area (Å²) in [6.45, 7) is 11.9. The summed E-state index contributed by atoms with van der Waals surface area (Å²) < 4.78 is 0.